The van der Waals surface area contributed by atoms with Crippen LogP contribution in [0.25, 0.3) is 10.9 Å². The molecule has 2 heterocycles. The first-order valence-corrected chi connectivity index (χ1v) is 7.04. The number of hydrogen-bond donors (Lipinski definition) is 1. The molecule has 21 heavy (non-hydrogen) atoms. The van der Waals surface area contributed by atoms with Gasteiger partial charge in [-0.25, -0.2) is 4.79 Å². The Bertz CT molecular complexity index is 712. The van der Waals surface area contributed by atoms with Gasteiger partial charge in [-0.2, -0.15) is 0 Å². The van der Waals surface area contributed by atoms with Crippen LogP contribution in [0.1, 0.15) is 12.0 Å². The van der Waals surface area contributed by atoms with Crippen LogP contribution in [-0.4, -0.2) is 29.5 Å². The molecule has 0 saturated heterocycles. The summed E-state index contributed by atoms with van der Waals surface area (Å²) in [7, 11) is 1.41. The minimum atomic E-state index is -0.253. The lowest BCUT2D eigenvalue weighted by Crippen LogP contribution is -2.19. The Balaban J connectivity index is 1.70. The Morgan fingerprint density at radius 3 is 3.10 bits per heavy atom. The number of rotatable bonds is 4. The lowest BCUT2D eigenvalue weighted by molar-refractivity contribution is -0.136. The average molecular weight is 282 g/mol. The van der Waals surface area contributed by atoms with Gasteiger partial charge in [0.05, 0.1) is 12.7 Å². The summed E-state index contributed by atoms with van der Waals surface area (Å²) in [5.41, 5.74) is 3.14. The molecule has 4 heteroatoms. The van der Waals surface area contributed by atoms with Crippen LogP contribution in [0.3, 0.4) is 0 Å². The van der Waals surface area contributed by atoms with Crippen LogP contribution in [0.2, 0.25) is 0 Å². The van der Waals surface area contributed by atoms with Crippen LogP contribution in [0, 0.1) is 0 Å². The maximum atomic E-state index is 11.6. The predicted molar refractivity (Wildman–Crippen MR) is 82.6 cm³/mol. The fraction of sp³-hybridized carbons (Fsp3) is 0.235. The van der Waals surface area contributed by atoms with Gasteiger partial charge in [0.15, 0.2) is 0 Å². The number of nitrogens with one attached hydrogen (secondary N) is 1. The molecule has 108 valence electrons. The third-order valence-electron chi connectivity index (χ3n) is 3.72. The first-order chi connectivity index (χ1) is 10.3. The van der Waals surface area contributed by atoms with Crippen molar-refractivity contribution in [1.29, 1.82) is 0 Å². The molecule has 1 aliphatic rings. The van der Waals surface area contributed by atoms with E-state index in [4.69, 9.17) is 4.74 Å². The van der Waals surface area contributed by atoms with Crippen molar-refractivity contribution in [3.8, 4) is 0 Å². The van der Waals surface area contributed by atoms with Gasteiger partial charge in [-0.05, 0) is 24.3 Å². The summed E-state index contributed by atoms with van der Waals surface area (Å²) in [5, 5.41) is 1.26. The number of H-pyrrole nitrogens is 1. The minimum Gasteiger partial charge on any atom is -0.466 e. The SMILES string of the molecule is COC(=O)C1=CN(CCc2c[nH]c3ccccc23)C=CC1. The van der Waals surface area contributed by atoms with Gasteiger partial charge < -0.3 is 14.6 Å². The number of methoxy groups -OCH3 is 1. The molecule has 1 N–H and O–H groups in total. The second-order valence-electron chi connectivity index (χ2n) is 5.08. The number of benzene rings is 1. The molecular weight excluding hydrogens is 264 g/mol. The zero-order chi connectivity index (χ0) is 14.7. The molecule has 0 spiro atoms. The van der Waals surface area contributed by atoms with E-state index in [1.54, 1.807) is 0 Å². The van der Waals surface area contributed by atoms with Crippen molar-refractivity contribution in [3.63, 3.8) is 0 Å². The van der Waals surface area contributed by atoms with E-state index in [0.717, 1.165) is 18.5 Å². The number of hydrogen-bond acceptors (Lipinski definition) is 3. The molecule has 1 aromatic carbocycles. The summed E-state index contributed by atoms with van der Waals surface area (Å²) in [6.07, 6.45) is 9.49. The third kappa shape index (κ3) is 2.84. The van der Waals surface area contributed by atoms with Crippen LogP contribution < -0.4 is 0 Å². The topological polar surface area (TPSA) is 45.3 Å². The maximum Gasteiger partial charge on any atom is 0.335 e. The fourth-order valence-corrected chi connectivity index (χ4v) is 2.61. The average Bonchev–Trinajstić information content (AvgIpc) is 2.95. The lowest BCUT2D eigenvalue weighted by Gasteiger charge is -2.20. The van der Waals surface area contributed by atoms with Crippen LogP contribution in [0.4, 0.5) is 0 Å². The van der Waals surface area contributed by atoms with Crippen molar-refractivity contribution in [3.05, 3.63) is 60.1 Å². The molecule has 0 fully saturated rings. The number of para-hydroxylation sites is 1. The first kappa shape index (κ1) is 13.5. The summed E-state index contributed by atoms with van der Waals surface area (Å²) in [5.74, 6) is -0.253. The van der Waals surface area contributed by atoms with Gasteiger partial charge in [0.2, 0.25) is 0 Å². The largest absolute Gasteiger partial charge is 0.466 e. The van der Waals surface area contributed by atoms with Crippen molar-refractivity contribution >= 4 is 16.9 Å². The zero-order valence-corrected chi connectivity index (χ0v) is 12.0. The van der Waals surface area contributed by atoms with Crippen LogP contribution in [0.5, 0.6) is 0 Å². The van der Waals surface area contributed by atoms with Gasteiger partial charge >= 0.3 is 5.97 Å². The number of nitrogens with zero attached hydrogens (tertiary/aromatic N) is 1. The van der Waals surface area contributed by atoms with E-state index in [9.17, 15) is 4.79 Å². The molecule has 0 unspecified atom stereocenters. The molecule has 0 bridgehead atoms. The molecule has 0 aliphatic carbocycles. The number of aromatic nitrogens is 1. The highest BCUT2D eigenvalue weighted by Gasteiger charge is 2.13. The summed E-state index contributed by atoms with van der Waals surface area (Å²) in [6, 6.07) is 8.29. The first-order valence-electron chi connectivity index (χ1n) is 7.04. The molecule has 0 saturated carbocycles. The van der Waals surface area contributed by atoms with Gasteiger partial charge in [-0.15, -0.1) is 0 Å². The Morgan fingerprint density at radius 1 is 1.38 bits per heavy atom. The number of esters is 1. The number of ether oxygens (including phenoxy) is 1. The number of fused-ring (bicyclic) bond motifs is 1. The summed E-state index contributed by atoms with van der Waals surface area (Å²) in [4.78, 5) is 16.9. The molecule has 4 nitrogen and oxygen atoms in total. The maximum absolute atomic E-state index is 11.6. The Labute approximate surface area is 123 Å². The van der Waals surface area contributed by atoms with E-state index >= 15 is 0 Å². The van der Waals surface area contributed by atoms with Gasteiger partial charge in [0.1, 0.15) is 0 Å². The molecular formula is C17H18N2O2. The Kier molecular flexibility index (Phi) is 3.77. The number of carbonyl (C=O) groups is 1. The van der Waals surface area contributed by atoms with Gasteiger partial charge in [0.25, 0.3) is 0 Å². The minimum absolute atomic E-state index is 0.253. The monoisotopic (exact) mass is 282 g/mol. The van der Waals surface area contributed by atoms with Gasteiger partial charge in [0, 0.05) is 36.3 Å². The van der Waals surface area contributed by atoms with Crippen molar-refractivity contribution in [2.75, 3.05) is 13.7 Å². The summed E-state index contributed by atoms with van der Waals surface area (Å²) >= 11 is 0. The predicted octanol–water partition coefficient (Wildman–Crippen LogP) is 2.99. The van der Waals surface area contributed by atoms with E-state index in [1.807, 2.05) is 29.4 Å². The van der Waals surface area contributed by atoms with E-state index in [-0.39, 0.29) is 5.97 Å². The normalized spacial score (nSPS) is 14.3. The quantitative estimate of drug-likeness (QED) is 0.877. The molecule has 0 atom stereocenters. The van der Waals surface area contributed by atoms with E-state index in [0.29, 0.717) is 12.0 Å². The molecule has 0 amide bonds. The molecule has 2 aromatic rings. The van der Waals surface area contributed by atoms with E-state index in [1.165, 1.54) is 18.1 Å². The second kappa shape index (κ2) is 5.87. The van der Waals surface area contributed by atoms with Crippen molar-refractivity contribution in [1.82, 2.24) is 9.88 Å². The van der Waals surface area contributed by atoms with Crippen LogP contribution >= 0.6 is 0 Å². The second-order valence-corrected chi connectivity index (χ2v) is 5.08. The highest BCUT2D eigenvalue weighted by Crippen LogP contribution is 2.19. The number of aromatic amines is 1. The number of carbonyl (C=O) groups excluding carboxylic acids is 1. The van der Waals surface area contributed by atoms with Crippen LogP contribution in [0.15, 0.2) is 54.5 Å². The third-order valence-corrected chi connectivity index (χ3v) is 3.72. The van der Waals surface area contributed by atoms with Gasteiger partial charge in [-0.1, -0.05) is 24.3 Å². The zero-order valence-electron chi connectivity index (χ0n) is 12.0. The van der Waals surface area contributed by atoms with Crippen molar-refractivity contribution in [2.45, 2.75) is 12.8 Å². The lowest BCUT2D eigenvalue weighted by atomic mass is 10.1. The standard InChI is InChI=1S/C17H18N2O2/c1-21-17(20)14-5-4-9-19(12-14)10-8-13-11-18-16-7-3-2-6-15(13)16/h2-4,6-7,9,11-12,18H,5,8,10H2,1H3. The highest BCUT2D eigenvalue weighted by molar-refractivity contribution is 5.88. The Morgan fingerprint density at radius 2 is 2.24 bits per heavy atom. The van der Waals surface area contributed by atoms with E-state index < -0.39 is 0 Å². The smallest absolute Gasteiger partial charge is 0.335 e. The highest BCUT2D eigenvalue weighted by atomic mass is 16.5. The van der Waals surface area contributed by atoms with E-state index in [2.05, 4.69) is 29.4 Å². The number of allylic oxidation sites excluding steroid dienone is 1. The van der Waals surface area contributed by atoms with Crippen LogP contribution in [-0.2, 0) is 16.0 Å². The molecule has 0 radical (unpaired) electrons. The summed E-state index contributed by atoms with van der Waals surface area (Å²) in [6.45, 7) is 0.832. The fourth-order valence-electron chi connectivity index (χ4n) is 2.61. The molecule has 1 aromatic heterocycles. The van der Waals surface area contributed by atoms with Gasteiger partial charge in [-0.3, -0.25) is 0 Å². The molecule has 1 aliphatic heterocycles. The van der Waals surface area contributed by atoms with Crippen molar-refractivity contribution < 1.29 is 9.53 Å². The van der Waals surface area contributed by atoms with Crippen molar-refractivity contribution in [2.24, 2.45) is 0 Å². The molecule has 3 rings (SSSR count). The summed E-state index contributed by atoms with van der Waals surface area (Å²) < 4.78 is 4.77. The Hall–Kier alpha value is -2.49.